The van der Waals surface area contributed by atoms with Crippen LogP contribution >= 0.6 is 11.3 Å². The van der Waals surface area contributed by atoms with Gasteiger partial charge in [0.25, 0.3) is 0 Å². The highest BCUT2D eigenvalue weighted by molar-refractivity contribution is 7.18. The molecule has 1 aliphatic heterocycles. The van der Waals surface area contributed by atoms with E-state index >= 15 is 0 Å². The highest BCUT2D eigenvalue weighted by atomic mass is 32.1. The van der Waals surface area contributed by atoms with Crippen LogP contribution in [0.5, 0.6) is 5.75 Å². The monoisotopic (exact) mass is 439 g/mol. The summed E-state index contributed by atoms with van der Waals surface area (Å²) in [5.41, 5.74) is 2.37. The third-order valence-electron chi connectivity index (χ3n) is 5.82. The molecule has 0 N–H and O–H groups in total. The summed E-state index contributed by atoms with van der Waals surface area (Å²) < 4.78 is 10.4. The van der Waals surface area contributed by atoms with Crippen molar-refractivity contribution in [2.45, 2.75) is 33.6 Å². The number of rotatable bonds is 4. The smallest absolute Gasteiger partial charge is 0.341 e. The molecule has 0 saturated carbocycles. The number of esters is 2. The molecule has 162 valence electrons. The van der Waals surface area contributed by atoms with Gasteiger partial charge >= 0.3 is 11.9 Å². The summed E-state index contributed by atoms with van der Waals surface area (Å²) in [6.45, 7) is 7.48. The minimum atomic E-state index is -0.518. The van der Waals surface area contributed by atoms with Gasteiger partial charge in [0.15, 0.2) is 0 Å². The summed E-state index contributed by atoms with van der Waals surface area (Å²) in [4.78, 5) is 38.3. The van der Waals surface area contributed by atoms with Gasteiger partial charge in [-0.1, -0.05) is 6.07 Å². The van der Waals surface area contributed by atoms with E-state index in [4.69, 9.17) is 9.47 Å². The van der Waals surface area contributed by atoms with Crippen molar-refractivity contribution in [1.82, 2.24) is 9.97 Å². The Morgan fingerprint density at radius 3 is 2.58 bits per heavy atom. The van der Waals surface area contributed by atoms with Gasteiger partial charge in [0.05, 0.1) is 18.4 Å². The topological polar surface area (TPSA) is 81.6 Å². The Labute approximate surface area is 185 Å². The van der Waals surface area contributed by atoms with Crippen LogP contribution in [-0.2, 0) is 9.53 Å². The van der Waals surface area contributed by atoms with Gasteiger partial charge < -0.3 is 14.4 Å². The van der Waals surface area contributed by atoms with Crippen LogP contribution < -0.4 is 9.64 Å². The number of benzene rings is 1. The van der Waals surface area contributed by atoms with Crippen LogP contribution in [-0.4, -0.2) is 42.1 Å². The maximum atomic E-state index is 12.8. The Morgan fingerprint density at radius 1 is 1.13 bits per heavy atom. The van der Waals surface area contributed by atoms with Crippen molar-refractivity contribution in [3.05, 3.63) is 46.1 Å². The molecular formula is C23H25N3O4S. The van der Waals surface area contributed by atoms with Crippen LogP contribution in [0.3, 0.4) is 0 Å². The lowest BCUT2D eigenvalue weighted by Crippen LogP contribution is -2.38. The number of carbonyl (C=O) groups is 2. The van der Waals surface area contributed by atoms with E-state index in [-0.39, 0.29) is 23.2 Å². The number of hydrogen-bond acceptors (Lipinski definition) is 8. The number of aryl methyl sites for hydroxylation is 3. The predicted molar refractivity (Wildman–Crippen MR) is 120 cm³/mol. The summed E-state index contributed by atoms with van der Waals surface area (Å²) in [5, 5.41) is 1.11. The Kier molecular flexibility index (Phi) is 5.91. The van der Waals surface area contributed by atoms with Crippen molar-refractivity contribution in [3.63, 3.8) is 0 Å². The van der Waals surface area contributed by atoms with Gasteiger partial charge in [0, 0.05) is 18.0 Å². The van der Waals surface area contributed by atoms with Gasteiger partial charge in [-0.25, -0.2) is 14.8 Å². The van der Waals surface area contributed by atoms with Gasteiger partial charge in [-0.05, 0) is 56.9 Å². The fourth-order valence-corrected chi connectivity index (χ4v) is 4.92. The molecule has 0 unspecified atom stereocenters. The summed E-state index contributed by atoms with van der Waals surface area (Å²) in [5.74, 6) is 0.113. The normalized spacial score (nSPS) is 14.6. The minimum absolute atomic E-state index is 0.231. The Morgan fingerprint density at radius 2 is 1.87 bits per heavy atom. The van der Waals surface area contributed by atoms with Gasteiger partial charge in [-0.2, -0.15) is 0 Å². The molecule has 0 atom stereocenters. The van der Waals surface area contributed by atoms with Crippen LogP contribution in [0.1, 0.15) is 39.2 Å². The van der Waals surface area contributed by atoms with Crippen LogP contribution in [0.15, 0.2) is 24.5 Å². The Hall–Kier alpha value is -3.00. The molecule has 0 aliphatic carbocycles. The number of methoxy groups -OCH3 is 1. The molecule has 7 nitrogen and oxygen atoms in total. The molecule has 8 heteroatoms. The first-order chi connectivity index (χ1) is 14.9. The zero-order chi connectivity index (χ0) is 22.1. The third-order valence-corrected chi connectivity index (χ3v) is 6.94. The molecule has 0 radical (unpaired) electrons. The molecule has 1 aromatic carbocycles. The lowest BCUT2D eigenvalue weighted by molar-refractivity contribution is -0.139. The summed E-state index contributed by atoms with van der Waals surface area (Å²) >= 11 is 1.68. The zero-order valence-electron chi connectivity index (χ0n) is 18.1. The van der Waals surface area contributed by atoms with Crippen molar-refractivity contribution >= 4 is 39.3 Å². The third kappa shape index (κ3) is 4.12. The van der Waals surface area contributed by atoms with Crippen molar-refractivity contribution in [1.29, 1.82) is 0 Å². The average Bonchev–Trinajstić information content (AvgIpc) is 3.08. The quantitative estimate of drug-likeness (QED) is 0.444. The average molecular weight is 440 g/mol. The van der Waals surface area contributed by atoms with E-state index in [9.17, 15) is 9.59 Å². The van der Waals surface area contributed by atoms with E-state index in [2.05, 4.69) is 28.7 Å². The van der Waals surface area contributed by atoms with E-state index in [1.54, 1.807) is 29.8 Å². The van der Waals surface area contributed by atoms with E-state index in [1.165, 1.54) is 17.6 Å². The maximum Gasteiger partial charge on any atom is 0.341 e. The number of ether oxygens (including phenoxy) is 2. The van der Waals surface area contributed by atoms with Gasteiger partial charge in [0.2, 0.25) is 0 Å². The first kappa shape index (κ1) is 21.2. The maximum absolute atomic E-state index is 12.8. The SMILES string of the molecule is COC(=O)c1cc(C)ccc1OC(=O)C1CCN(c2ncnc3sc(C)c(C)c23)CC1. The molecule has 4 rings (SSSR count). The number of piperidine rings is 1. The molecule has 1 aliphatic rings. The Balaban J connectivity index is 1.47. The van der Waals surface area contributed by atoms with Gasteiger partial charge in [-0.15, -0.1) is 11.3 Å². The number of fused-ring (bicyclic) bond motifs is 1. The number of nitrogens with zero attached hydrogens (tertiary/aromatic N) is 3. The predicted octanol–water partition coefficient (Wildman–Crippen LogP) is 4.23. The second kappa shape index (κ2) is 8.63. The number of thiophene rings is 1. The van der Waals surface area contributed by atoms with Crippen LogP contribution in [0.4, 0.5) is 5.82 Å². The molecule has 3 heterocycles. The lowest BCUT2D eigenvalue weighted by Gasteiger charge is -2.32. The molecule has 31 heavy (non-hydrogen) atoms. The molecule has 1 fully saturated rings. The molecule has 0 amide bonds. The van der Waals surface area contributed by atoms with E-state index < -0.39 is 5.97 Å². The van der Waals surface area contributed by atoms with Gasteiger partial charge in [0.1, 0.15) is 28.3 Å². The first-order valence-electron chi connectivity index (χ1n) is 10.2. The molecule has 2 aromatic heterocycles. The van der Waals surface area contributed by atoms with E-state index in [0.29, 0.717) is 25.9 Å². The van der Waals surface area contributed by atoms with Crippen LogP contribution in [0.25, 0.3) is 10.2 Å². The van der Waals surface area contributed by atoms with Crippen molar-refractivity contribution in [2.24, 2.45) is 5.92 Å². The second-order valence-electron chi connectivity index (χ2n) is 7.83. The molecule has 1 saturated heterocycles. The fourth-order valence-electron chi connectivity index (χ4n) is 3.92. The van der Waals surface area contributed by atoms with Crippen molar-refractivity contribution in [2.75, 3.05) is 25.1 Å². The summed E-state index contributed by atoms with van der Waals surface area (Å²) in [6.07, 6.45) is 2.93. The van der Waals surface area contributed by atoms with Crippen molar-refractivity contribution < 1.29 is 19.1 Å². The largest absolute Gasteiger partial charge is 0.465 e. The number of anilines is 1. The zero-order valence-corrected chi connectivity index (χ0v) is 18.9. The molecule has 3 aromatic rings. The first-order valence-corrected chi connectivity index (χ1v) is 11.1. The fraction of sp³-hybridized carbons (Fsp3) is 0.391. The molecular weight excluding hydrogens is 414 g/mol. The highest BCUT2D eigenvalue weighted by Gasteiger charge is 2.29. The standard InChI is InChI=1S/C23H25N3O4S/c1-13-5-6-18(17(11-13)23(28)29-4)30-22(27)16-7-9-26(10-8-16)20-19-14(2)15(3)31-21(19)25-12-24-20/h5-6,11-12,16H,7-10H2,1-4H3. The molecule has 0 spiro atoms. The van der Waals surface area contributed by atoms with Crippen LogP contribution in [0.2, 0.25) is 0 Å². The van der Waals surface area contributed by atoms with E-state index in [0.717, 1.165) is 21.6 Å². The summed E-state index contributed by atoms with van der Waals surface area (Å²) in [6, 6.07) is 5.12. The highest BCUT2D eigenvalue weighted by Crippen LogP contribution is 2.36. The Bertz CT molecular complexity index is 1150. The number of aromatic nitrogens is 2. The van der Waals surface area contributed by atoms with E-state index in [1.807, 2.05) is 13.0 Å². The minimum Gasteiger partial charge on any atom is -0.465 e. The molecule has 0 bridgehead atoms. The summed E-state index contributed by atoms with van der Waals surface area (Å²) in [7, 11) is 1.31. The second-order valence-corrected chi connectivity index (χ2v) is 9.04. The van der Waals surface area contributed by atoms with Gasteiger partial charge in [-0.3, -0.25) is 4.79 Å². The number of carbonyl (C=O) groups excluding carboxylic acids is 2. The lowest BCUT2D eigenvalue weighted by atomic mass is 9.96. The van der Waals surface area contributed by atoms with Crippen LogP contribution in [0, 0.1) is 26.7 Å². The number of hydrogen-bond donors (Lipinski definition) is 0. The van der Waals surface area contributed by atoms with Crippen molar-refractivity contribution in [3.8, 4) is 5.75 Å².